The number of unbranched alkanes of at least 4 members (excludes halogenated alkanes) is 1. The molecule has 0 rings (SSSR count). The van der Waals surface area contributed by atoms with Gasteiger partial charge in [0, 0.05) is 6.42 Å². The number of hydrogen-bond acceptors (Lipinski definition) is 2. The van der Waals surface area contributed by atoms with E-state index in [1.807, 2.05) is 0 Å². The van der Waals surface area contributed by atoms with Gasteiger partial charge in [-0.1, -0.05) is 0 Å². The lowest BCUT2D eigenvalue weighted by molar-refractivity contribution is -0.135. The van der Waals surface area contributed by atoms with Crippen LogP contribution in [0.1, 0.15) is 25.7 Å². The lowest BCUT2D eigenvalue weighted by Gasteiger charge is -2.06. The second-order valence-corrected chi connectivity index (χ2v) is 2.96. The van der Waals surface area contributed by atoms with Crippen molar-refractivity contribution in [3.8, 4) is 0 Å². The maximum absolute atomic E-state index is 11.6. The summed E-state index contributed by atoms with van der Waals surface area (Å²) in [5, 5.41) is 2.94. The first-order chi connectivity index (χ1) is 6.06. The molecule has 0 aromatic heterocycles. The van der Waals surface area contributed by atoms with Crippen LogP contribution in [0, 0.1) is 0 Å². The zero-order chi connectivity index (χ0) is 10.2. The Morgan fingerprint density at radius 1 is 1.00 bits per heavy atom. The van der Waals surface area contributed by atoms with Crippen LogP contribution < -0.4 is 11.1 Å². The van der Waals surface area contributed by atoms with Crippen LogP contribution in [0.15, 0.2) is 0 Å². The van der Waals surface area contributed by atoms with E-state index in [1.165, 1.54) is 0 Å². The van der Waals surface area contributed by atoms with Crippen molar-refractivity contribution in [3.63, 3.8) is 0 Å². The number of hydrogen-bond donors (Lipinski definition) is 2. The van der Waals surface area contributed by atoms with Crippen LogP contribution in [0.25, 0.3) is 0 Å². The molecule has 13 heavy (non-hydrogen) atoms. The Bertz CT molecular complexity index is 114. The predicted octanol–water partition coefficient (Wildman–Crippen LogP) is 1.66. The Morgan fingerprint density at radius 3 is 2.15 bits per heavy atom. The molecule has 0 aromatic rings. The molecule has 0 atom stereocenters. The minimum Gasteiger partial charge on any atom is -0.330 e. The third kappa shape index (κ3) is 11.7. The molecule has 0 aromatic carbocycles. The van der Waals surface area contributed by atoms with E-state index in [0.717, 1.165) is 19.4 Å². The van der Waals surface area contributed by atoms with Gasteiger partial charge in [-0.05, 0) is 38.9 Å². The summed E-state index contributed by atoms with van der Waals surface area (Å²) in [6, 6.07) is 0. The maximum Gasteiger partial charge on any atom is 0.389 e. The van der Waals surface area contributed by atoms with E-state index in [1.54, 1.807) is 0 Å². The van der Waals surface area contributed by atoms with Gasteiger partial charge in [-0.3, -0.25) is 0 Å². The third-order valence-electron chi connectivity index (χ3n) is 1.62. The highest BCUT2D eigenvalue weighted by atomic mass is 19.4. The lowest BCUT2D eigenvalue weighted by atomic mass is 10.3. The average molecular weight is 198 g/mol. The molecular weight excluding hydrogens is 181 g/mol. The fraction of sp³-hybridized carbons (Fsp3) is 1.00. The second-order valence-electron chi connectivity index (χ2n) is 2.96. The highest BCUT2D eigenvalue weighted by Crippen LogP contribution is 2.20. The SMILES string of the molecule is NCCCCNCCCC(F)(F)F. The standard InChI is InChI=1S/C8H17F3N2/c9-8(10,11)4-3-7-13-6-2-1-5-12/h13H,1-7,12H2. The molecule has 0 radical (unpaired) electrons. The molecule has 0 heterocycles. The summed E-state index contributed by atoms with van der Waals surface area (Å²) >= 11 is 0. The van der Waals surface area contributed by atoms with E-state index in [2.05, 4.69) is 5.32 Å². The molecule has 0 saturated carbocycles. The minimum absolute atomic E-state index is 0.159. The lowest BCUT2D eigenvalue weighted by Crippen LogP contribution is -2.19. The molecule has 3 N–H and O–H groups in total. The summed E-state index contributed by atoms with van der Waals surface area (Å²) < 4.78 is 34.9. The van der Waals surface area contributed by atoms with E-state index in [4.69, 9.17) is 5.73 Å². The molecule has 80 valence electrons. The van der Waals surface area contributed by atoms with Crippen LogP contribution in [0.4, 0.5) is 13.2 Å². The summed E-state index contributed by atoms with van der Waals surface area (Å²) in [5.41, 5.74) is 5.25. The van der Waals surface area contributed by atoms with Gasteiger partial charge in [0.25, 0.3) is 0 Å². The summed E-state index contributed by atoms with van der Waals surface area (Å²) in [7, 11) is 0. The molecule has 2 nitrogen and oxygen atoms in total. The Morgan fingerprint density at radius 2 is 1.62 bits per heavy atom. The molecule has 0 unspecified atom stereocenters. The summed E-state index contributed by atoms with van der Waals surface area (Å²) in [4.78, 5) is 0. The van der Waals surface area contributed by atoms with Gasteiger partial charge < -0.3 is 11.1 Å². The molecule has 0 saturated heterocycles. The van der Waals surface area contributed by atoms with Crippen molar-refractivity contribution in [2.75, 3.05) is 19.6 Å². The van der Waals surface area contributed by atoms with Crippen LogP contribution in [-0.4, -0.2) is 25.8 Å². The highest BCUT2D eigenvalue weighted by Gasteiger charge is 2.25. The Hall–Kier alpha value is -0.290. The third-order valence-corrected chi connectivity index (χ3v) is 1.62. The number of nitrogens with two attached hydrogens (primary N) is 1. The average Bonchev–Trinajstić information content (AvgIpc) is 2.01. The largest absolute Gasteiger partial charge is 0.389 e. The van der Waals surface area contributed by atoms with Crippen molar-refractivity contribution >= 4 is 0 Å². The predicted molar refractivity (Wildman–Crippen MR) is 46.4 cm³/mol. The van der Waals surface area contributed by atoms with Gasteiger partial charge in [-0.25, -0.2) is 0 Å². The molecular formula is C8H17F3N2. The molecule has 0 bridgehead atoms. The van der Waals surface area contributed by atoms with E-state index in [-0.39, 0.29) is 6.42 Å². The molecule has 0 fully saturated rings. The zero-order valence-electron chi connectivity index (χ0n) is 7.66. The van der Waals surface area contributed by atoms with Crippen molar-refractivity contribution in [2.45, 2.75) is 31.9 Å². The van der Waals surface area contributed by atoms with Crippen molar-refractivity contribution in [2.24, 2.45) is 5.73 Å². The van der Waals surface area contributed by atoms with E-state index >= 15 is 0 Å². The Kier molecular flexibility index (Phi) is 6.99. The molecule has 0 aliphatic heterocycles. The number of nitrogens with one attached hydrogen (secondary N) is 1. The number of alkyl halides is 3. The maximum atomic E-state index is 11.6. The fourth-order valence-corrected chi connectivity index (χ4v) is 0.933. The highest BCUT2D eigenvalue weighted by molar-refractivity contribution is 4.54. The zero-order valence-corrected chi connectivity index (χ0v) is 7.66. The quantitative estimate of drug-likeness (QED) is 0.610. The van der Waals surface area contributed by atoms with Crippen LogP contribution in [0.3, 0.4) is 0 Å². The first-order valence-corrected chi connectivity index (χ1v) is 4.54. The van der Waals surface area contributed by atoms with E-state index < -0.39 is 12.6 Å². The van der Waals surface area contributed by atoms with Crippen LogP contribution >= 0.6 is 0 Å². The summed E-state index contributed by atoms with van der Waals surface area (Å²) in [6.45, 7) is 1.84. The monoisotopic (exact) mass is 198 g/mol. The normalized spacial score (nSPS) is 12.0. The van der Waals surface area contributed by atoms with Crippen LogP contribution in [0.2, 0.25) is 0 Å². The van der Waals surface area contributed by atoms with Gasteiger partial charge in [0.2, 0.25) is 0 Å². The minimum atomic E-state index is -4.01. The number of rotatable bonds is 7. The molecule has 0 amide bonds. The van der Waals surface area contributed by atoms with E-state index in [9.17, 15) is 13.2 Å². The molecule has 5 heteroatoms. The topological polar surface area (TPSA) is 38.0 Å². The Labute approximate surface area is 76.7 Å². The van der Waals surface area contributed by atoms with Gasteiger partial charge in [0.15, 0.2) is 0 Å². The first kappa shape index (κ1) is 12.7. The van der Waals surface area contributed by atoms with Crippen LogP contribution in [0.5, 0.6) is 0 Å². The van der Waals surface area contributed by atoms with Crippen molar-refractivity contribution < 1.29 is 13.2 Å². The van der Waals surface area contributed by atoms with Gasteiger partial charge in [-0.15, -0.1) is 0 Å². The van der Waals surface area contributed by atoms with Crippen molar-refractivity contribution in [3.05, 3.63) is 0 Å². The van der Waals surface area contributed by atoms with Gasteiger partial charge in [-0.2, -0.15) is 13.2 Å². The molecule has 0 aliphatic carbocycles. The first-order valence-electron chi connectivity index (χ1n) is 4.54. The van der Waals surface area contributed by atoms with Crippen molar-refractivity contribution in [1.82, 2.24) is 5.32 Å². The second kappa shape index (κ2) is 7.15. The smallest absolute Gasteiger partial charge is 0.330 e. The van der Waals surface area contributed by atoms with Crippen molar-refractivity contribution in [1.29, 1.82) is 0 Å². The van der Waals surface area contributed by atoms with Crippen LogP contribution in [-0.2, 0) is 0 Å². The molecule has 0 spiro atoms. The van der Waals surface area contributed by atoms with Gasteiger partial charge in [0.05, 0.1) is 0 Å². The van der Waals surface area contributed by atoms with Gasteiger partial charge >= 0.3 is 6.18 Å². The number of halogens is 3. The fourth-order valence-electron chi connectivity index (χ4n) is 0.933. The molecule has 0 aliphatic rings. The Balaban J connectivity index is 3.00. The van der Waals surface area contributed by atoms with E-state index in [0.29, 0.717) is 13.1 Å². The van der Waals surface area contributed by atoms with Gasteiger partial charge in [0.1, 0.15) is 0 Å². The summed E-state index contributed by atoms with van der Waals surface area (Å²) in [5.74, 6) is 0. The summed E-state index contributed by atoms with van der Waals surface area (Å²) in [6.07, 6.45) is -2.70.